The van der Waals surface area contributed by atoms with Crippen LogP contribution in [-0.2, 0) is 37.9 Å². The minimum absolute atomic E-state index is 0.117. The van der Waals surface area contributed by atoms with Gasteiger partial charge in [0.25, 0.3) is 0 Å². The third-order valence-electron chi connectivity index (χ3n) is 8.81. The first-order valence-corrected chi connectivity index (χ1v) is 17.5. The number of carbonyl (C=O) groups is 2. The Morgan fingerprint density at radius 1 is 0.960 bits per heavy atom. The predicted octanol–water partition coefficient (Wildman–Crippen LogP) is 6.10. The molecule has 1 aromatic heterocycles. The molecule has 0 aliphatic carbocycles. The van der Waals surface area contributed by atoms with Crippen LogP contribution in [0.5, 0.6) is 11.5 Å². The van der Waals surface area contributed by atoms with Gasteiger partial charge >= 0.3 is 5.97 Å². The number of piperazine rings is 1. The third kappa shape index (κ3) is 8.61. The number of aromatic nitrogens is 2. The highest BCUT2D eigenvalue weighted by molar-refractivity contribution is 6.35. The van der Waals surface area contributed by atoms with Crippen molar-refractivity contribution in [3.63, 3.8) is 0 Å². The Labute approximate surface area is 303 Å². The summed E-state index contributed by atoms with van der Waals surface area (Å²) in [6.07, 6.45) is 5.57. The standard InChI is InChI=1S/C38H43Cl2N4O6/c1-27(45)43-17-19-44(20-18-43)30-8-12-31(13-9-30)47-23-33-24-48-38(50-33,34-14-7-29(39)21-35(34)40)25-42-16-15-41(26-42)22-28-5-10-32(11-6-28)49-36(46)37(2,3)4/h5-16,21,26,33H,17-20,22-25H2,1-4H3/q+1. The Morgan fingerprint density at radius 3 is 2.32 bits per heavy atom. The molecular formula is C38H43Cl2N4O6+. The SMILES string of the molecule is CC(=O)N1CCN(c2ccc(OCC3COC(Cn4cc[n+](Cc5ccc(OC(=O)C(C)(C)C)cc5)c4)(c4ccc(Cl)cc4Cl)O3)cc2)CC1. The molecule has 12 heteroatoms. The van der Waals surface area contributed by atoms with Crippen molar-refractivity contribution in [2.24, 2.45) is 5.41 Å². The van der Waals surface area contributed by atoms with Crippen molar-refractivity contribution >= 4 is 40.8 Å². The van der Waals surface area contributed by atoms with Crippen molar-refractivity contribution in [2.45, 2.75) is 52.7 Å². The Morgan fingerprint density at radius 2 is 1.66 bits per heavy atom. The van der Waals surface area contributed by atoms with Crippen molar-refractivity contribution in [2.75, 3.05) is 44.3 Å². The molecule has 0 bridgehead atoms. The van der Waals surface area contributed by atoms with E-state index in [1.54, 1.807) is 19.1 Å². The average molecular weight is 723 g/mol. The Hall–Kier alpha value is -4.09. The van der Waals surface area contributed by atoms with Crippen LogP contribution in [0.4, 0.5) is 5.69 Å². The fraction of sp³-hybridized carbons (Fsp3) is 0.395. The number of amides is 1. The minimum Gasteiger partial charge on any atom is -0.491 e. The topological polar surface area (TPSA) is 86.4 Å². The summed E-state index contributed by atoms with van der Waals surface area (Å²) >= 11 is 13.0. The van der Waals surface area contributed by atoms with Gasteiger partial charge in [-0.1, -0.05) is 41.4 Å². The molecule has 0 N–H and O–H groups in total. The van der Waals surface area contributed by atoms with E-state index in [2.05, 4.69) is 9.47 Å². The molecule has 0 saturated carbocycles. The second kappa shape index (κ2) is 15.0. The monoisotopic (exact) mass is 721 g/mol. The van der Waals surface area contributed by atoms with E-state index in [0.29, 0.717) is 41.1 Å². The summed E-state index contributed by atoms with van der Waals surface area (Å²) in [7, 11) is 0. The molecule has 2 aliphatic rings. The molecule has 2 unspecified atom stereocenters. The molecule has 6 rings (SSSR count). The van der Waals surface area contributed by atoms with Gasteiger partial charge in [-0.05, 0) is 74.9 Å². The number of rotatable bonds is 10. The number of esters is 1. The molecule has 50 heavy (non-hydrogen) atoms. The minimum atomic E-state index is -1.17. The molecule has 3 heterocycles. The normalized spacial score (nSPS) is 19.4. The number of carbonyl (C=O) groups excluding carboxylic acids is 2. The molecule has 1 amide bonds. The molecule has 10 nitrogen and oxygen atoms in total. The van der Waals surface area contributed by atoms with Crippen LogP contribution in [0.15, 0.2) is 85.5 Å². The first-order chi connectivity index (χ1) is 23.9. The van der Waals surface area contributed by atoms with Gasteiger partial charge in [0.15, 0.2) is 0 Å². The molecule has 4 aromatic rings. The zero-order valence-electron chi connectivity index (χ0n) is 28.8. The third-order valence-corrected chi connectivity index (χ3v) is 9.36. The molecule has 0 spiro atoms. The predicted molar refractivity (Wildman–Crippen MR) is 191 cm³/mol. The fourth-order valence-electron chi connectivity index (χ4n) is 5.98. The lowest BCUT2D eigenvalue weighted by atomic mass is 9.97. The van der Waals surface area contributed by atoms with Gasteiger partial charge in [0, 0.05) is 49.4 Å². The second-order valence-electron chi connectivity index (χ2n) is 13.8. The van der Waals surface area contributed by atoms with Gasteiger partial charge in [-0.2, -0.15) is 0 Å². The highest BCUT2D eigenvalue weighted by Crippen LogP contribution is 2.40. The lowest BCUT2D eigenvalue weighted by Crippen LogP contribution is -2.48. The number of ether oxygens (including phenoxy) is 4. The summed E-state index contributed by atoms with van der Waals surface area (Å²) in [6.45, 7) is 11.7. The van der Waals surface area contributed by atoms with Crippen LogP contribution in [0.25, 0.3) is 0 Å². The van der Waals surface area contributed by atoms with E-state index in [1.807, 2.05) is 104 Å². The van der Waals surface area contributed by atoms with Crippen molar-refractivity contribution in [1.29, 1.82) is 0 Å². The van der Waals surface area contributed by atoms with Crippen molar-refractivity contribution < 1.29 is 33.1 Å². The molecule has 264 valence electrons. The van der Waals surface area contributed by atoms with Crippen LogP contribution < -0.4 is 18.9 Å². The summed E-state index contributed by atoms with van der Waals surface area (Å²) in [5.74, 6) is -0.0782. The van der Waals surface area contributed by atoms with Crippen molar-refractivity contribution in [3.8, 4) is 11.5 Å². The lowest BCUT2D eigenvalue weighted by Gasteiger charge is -2.35. The van der Waals surface area contributed by atoms with Gasteiger partial charge in [0.2, 0.25) is 18.0 Å². The summed E-state index contributed by atoms with van der Waals surface area (Å²) < 4.78 is 28.8. The first-order valence-electron chi connectivity index (χ1n) is 16.7. The van der Waals surface area contributed by atoms with E-state index >= 15 is 0 Å². The van der Waals surface area contributed by atoms with Crippen LogP contribution in [-0.4, -0.2) is 66.8 Å². The fourth-order valence-corrected chi connectivity index (χ4v) is 6.53. The number of hydrogen-bond donors (Lipinski definition) is 0. The van der Waals surface area contributed by atoms with Crippen molar-refractivity contribution in [3.05, 3.63) is 107 Å². The summed E-state index contributed by atoms with van der Waals surface area (Å²) in [6, 6.07) is 20.8. The molecule has 2 saturated heterocycles. The van der Waals surface area contributed by atoms with Crippen LogP contribution >= 0.6 is 23.2 Å². The zero-order chi connectivity index (χ0) is 35.5. The van der Waals surface area contributed by atoms with Crippen LogP contribution in [0.1, 0.15) is 38.8 Å². The van der Waals surface area contributed by atoms with E-state index in [9.17, 15) is 9.59 Å². The number of anilines is 1. The van der Waals surface area contributed by atoms with Gasteiger partial charge < -0.3 is 28.7 Å². The molecule has 3 aromatic carbocycles. The van der Waals surface area contributed by atoms with Crippen LogP contribution in [0.2, 0.25) is 10.0 Å². The number of nitrogens with zero attached hydrogens (tertiary/aromatic N) is 4. The molecule has 2 fully saturated rings. The van der Waals surface area contributed by atoms with Gasteiger partial charge in [-0.15, -0.1) is 0 Å². The Kier molecular flexibility index (Phi) is 10.7. The zero-order valence-corrected chi connectivity index (χ0v) is 30.3. The molecule has 2 aliphatic heterocycles. The molecule has 2 atom stereocenters. The van der Waals surface area contributed by atoms with E-state index in [0.717, 1.165) is 43.2 Å². The van der Waals surface area contributed by atoms with E-state index in [1.165, 1.54) is 0 Å². The van der Waals surface area contributed by atoms with Gasteiger partial charge in [-0.25, -0.2) is 9.13 Å². The maximum atomic E-state index is 12.2. The highest BCUT2D eigenvalue weighted by Gasteiger charge is 2.47. The van der Waals surface area contributed by atoms with Crippen LogP contribution in [0.3, 0.4) is 0 Å². The lowest BCUT2D eigenvalue weighted by molar-refractivity contribution is -0.688. The maximum absolute atomic E-state index is 12.2. The average Bonchev–Trinajstić information content (AvgIpc) is 3.71. The number of benzene rings is 3. The summed E-state index contributed by atoms with van der Waals surface area (Å²) in [5.41, 5.74) is 2.25. The van der Waals surface area contributed by atoms with E-state index in [-0.39, 0.29) is 24.6 Å². The van der Waals surface area contributed by atoms with Crippen LogP contribution in [0, 0.1) is 5.41 Å². The van der Waals surface area contributed by atoms with Crippen molar-refractivity contribution in [1.82, 2.24) is 9.47 Å². The summed E-state index contributed by atoms with van der Waals surface area (Å²) in [4.78, 5) is 28.1. The number of hydrogen-bond acceptors (Lipinski definition) is 7. The van der Waals surface area contributed by atoms with Gasteiger partial charge in [0.05, 0.1) is 17.0 Å². The Balaban J connectivity index is 1.09. The van der Waals surface area contributed by atoms with E-state index < -0.39 is 11.2 Å². The smallest absolute Gasteiger partial charge is 0.316 e. The first kappa shape index (κ1) is 35.7. The van der Waals surface area contributed by atoms with Gasteiger partial charge in [-0.3, -0.25) is 9.59 Å². The van der Waals surface area contributed by atoms with Gasteiger partial charge in [0.1, 0.15) is 49.7 Å². The second-order valence-corrected chi connectivity index (χ2v) is 14.6. The van der Waals surface area contributed by atoms with E-state index in [4.69, 9.17) is 42.1 Å². The number of imidazole rings is 1. The molecular weight excluding hydrogens is 679 g/mol. The quantitative estimate of drug-likeness (QED) is 0.111. The summed E-state index contributed by atoms with van der Waals surface area (Å²) in [5, 5.41) is 0.972. The number of halogens is 2. The largest absolute Gasteiger partial charge is 0.491 e. The maximum Gasteiger partial charge on any atom is 0.316 e. The molecule has 0 radical (unpaired) electrons. The highest BCUT2D eigenvalue weighted by atomic mass is 35.5. The Bertz CT molecular complexity index is 1800.